The van der Waals surface area contributed by atoms with Crippen molar-refractivity contribution in [2.75, 3.05) is 24.7 Å². The largest absolute Gasteiger partial charge is 0.522 e. The van der Waals surface area contributed by atoms with Gasteiger partial charge in [-0.2, -0.15) is 5.10 Å². The number of hydrogen-bond acceptors (Lipinski definition) is 6. The molecule has 8 nitrogen and oxygen atoms in total. The monoisotopic (exact) mass is 532 g/mol. The Balaban J connectivity index is 1.14. The maximum absolute atomic E-state index is 13.5. The molecule has 2 aromatic rings. The molecule has 0 radical (unpaired) electrons. The molecule has 1 aromatic heterocycles. The third-order valence-corrected chi connectivity index (χ3v) is 7.08. The number of benzene rings is 1. The predicted molar refractivity (Wildman–Crippen MR) is 120 cm³/mol. The van der Waals surface area contributed by atoms with Gasteiger partial charge in [-0.15, -0.1) is 13.2 Å². The summed E-state index contributed by atoms with van der Waals surface area (Å²) >= 11 is 5.66. The summed E-state index contributed by atoms with van der Waals surface area (Å²) < 4.78 is 67.6. The Labute approximate surface area is 209 Å². The smallest absolute Gasteiger partial charge is 0.484 e. The van der Waals surface area contributed by atoms with E-state index < -0.39 is 18.3 Å². The average molecular weight is 533 g/mol. The van der Waals surface area contributed by atoms with Crippen LogP contribution in [0.5, 0.6) is 5.75 Å². The van der Waals surface area contributed by atoms with Crippen molar-refractivity contribution in [1.29, 1.82) is 0 Å². The molecular formula is C23H25ClF4N4O4. The molecule has 3 heterocycles. The van der Waals surface area contributed by atoms with E-state index >= 15 is 0 Å². The van der Waals surface area contributed by atoms with Gasteiger partial charge < -0.3 is 19.7 Å². The number of morpholine rings is 1. The number of carbonyl (C=O) groups excluding carboxylic acids is 1. The Bertz CT molecular complexity index is 1080. The molecule has 1 N–H and O–H groups in total. The Kier molecular flexibility index (Phi) is 7.01. The van der Waals surface area contributed by atoms with Crippen molar-refractivity contribution in [3.8, 4) is 5.75 Å². The van der Waals surface area contributed by atoms with Crippen LogP contribution in [0.1, 0.15) is 31.7 Å². The molecule has 2 aliphatic heterocycles. The lowest BCUT2D eigenvalue weighted by molar-refractivity contribution is -0.353. The van der Waals surface area contributed by atoms with Crippen LogP contribution in [0.4, 0.5) is 23.2 Å². The van der Waals surface area contributed by atoms with E-state index in [4.69, 9.17) is 21.1 Å². The first-order chi connectivity index (χ1) is 17.1. The van der Waals surface area contributed by atoms with Crippen LogP contribution in [-0.2, 0) is 14.3 Å². The van der Waals surface area contributed by atoms with Crippen LogP contribution in [0.15, 0.2) is 30.6 Å². The molecule has 196 valence electrons. The number of hydrogen-bond donors (Lipinski definition) is 1. The van der Waals surface area contributed by atoms with Gasteiger partial charge in [-0.1, -0.05) is 11.6 Å². The van der Waals surface area contributed by atoms with Crippen LogP contribution >= 0.6 is 11.6 Å². The van der Waals surface area contributed by atoms with Gasteiger partial charge in [-0.3, -0.25) is 14.2 Å². The Morgan fingerprint density at radius 3 is 2.56 bits per heavy atom. The second-order valence-electron chi connectivity index (χ2n) is 9.34. The Hall–Kier alpha value is -2.57. The van der Waals surface area contributed by atoms with E-state index in [2.05, 4.69) is 20.1 Å². The molecule has 0 unspecified atom stereocenters. The Morgan fingerprint density at radius 1 is 1.17 bits per heavy atom. The topological polar surface area (TPSA) is 77.9 Å². The van der Waals surface area contributed by atoms with Gasteiger partial charge in [0.15, 0.2) is 6.61 Å². The van der Waals surface area contributed by atoms with E-state index in [9.17, 15) is 22.4 Å². The van der Waals surface area contributed by atoms with Crippen LogP contribution in [0.3, 0.4) is 0 Å². The summed E-state index contributed by atoms with van der Waals surface area (Å²) in [5, 5.41) is 7.35. The zero-order valence-corrected chi connectivity index (χ0v) is 19.8. The minimum atomic E-state index is -4.62. The van der Waals surface area contributed by atoms with Crippen molar-refractivity contribution in [3.05, 3.63) is 41.4 Å². The van der Waals surface area contributed by atoms with Crippen molar-refractivity contribution < 1.29 is 36.6 Å². The molecule has 1 amide bonds. The highest BCUT2D eigenvalue weighted by molar-refractivity contribution is 6.30. The number of nitrogens with zero attached hydrogens (tertiary/aromatic N) is 3. The summed E-state index contributed by atoms with van der Waals surface area (Å²) in [6, 6.07) is 3.79. The molecule has 3 atom stereocenters. The van der Waals surface area contributed by atoms with Gasteiger partial charge in [0, 0.05) is 18.3 Å². The molecule has 5 rings (SSSR count). The zero-order valence-electron chi connectivity index (χ0n) is 19.1. The van der Waals surface area contributed by atoms with Gasteiger partial charge in [0.2, 0.25) is 0 Å². The fraction of sp³-hybridized carbons (Fsp3) is 0.565. The molecule has 1 aromatic carbocycles. The zero-order chi connectivity index (χ0) is 25.4. The van der Waals surface area contributed by atoms with Gasteiger partial charge in [-0.25, -0.2) is 4.39 Å². The summed E-state index contributed by atoms with van der Waals surface area (Å²) in [6.45, 7) is 0.722. The molecule has 2 saturated heterocycles. The number of fused-ring (bicyclic) bond motifs is 2. The molecule has 2 bridgehead atoms. The lowest BCUT2D eigenvalue weighted by atomic mass is 9.89. The number of piperidine rings is 1. The minimum Gasteiger partial charge on any atom is -0.484 e. The van der Waals surface area contributed by atoms with Gasteiger partial charge >= 0.3 is 6.36 Å². The standard InChI is InChI=1S/C23H25ClF4N4O4/c24-20-2-1-18(7-21(20)25)35-12-22(33)30-13-3-15-10-34-11-16(4-13)32(15)17-8-29-31(9-17)14-5-19(6-14)36-23(26,27)28/h1-2,7-9,13-16,19H,3-6,10-12H2,(H,30,33)/t13-,14?,15+,16-,19?. The highest BCUT2D eigenvalue weighted by atomic mass is 35.5. The summed E-state index contributed by atoms with van der Waals surface area (Å²) in [6.07, 6.45) is -0.0641. The number of anilines is 1. The summed E-state index contributed by atoms with van der Waals surface area (Å²) in [5.74, 6) is -0.715. The van der Waals surface area contributed by atoms with E-state index in [1.807, 2.05) is 6.20 Å². The SMILES string of the molecule is O=C(COc1ccc(Cl)c(F)c1)N[C@@H]1C[C@H]2COC[C@@H](C1)N2c1cnn(C2CC(OC(F)(F)F)C2)c1. The van der Waals surface area contributed by atoms with Crippen molar-refractivity contribution in [2.24, 2.45) is 0 Å². The molecule has 3 fully saturated rings. The maximum atomic E-state index is 13.5. The van der Waals surface area contributed by atoms with Crippen molar-refractivity contribution in [2.45, 2.75) is 62.3 Å². The highest BCUT2D eigenvalue weighted by Crippen LogP contribution is 2.39. The number of rotatable bonds is 7. The van der Waals surface area contributed by atoms with E-state index in [0.717, 1.165) is 11.8 Å². The minimum absolute atomic E-state index is 0.00873. The fourth-order valence-corrected chi connectivity index (χ4v) is 5.26. The van der Waals surface area contributed by atoms with Crippen molar-refractivity contribution in [3.63, 3.8) is 0 Å². The summed E-state index contributed by atoms with van der Waals surface area (Å²) in [7, 11) is 0. The van der Waals surface area contributed by atoms with E-state index in [1.54, 1.807) is 10.9 Å². The van der Waals surface area contributed by atoms with E-state index in [1.165, 1.54) is 12.1 Å². The van der Waals surface area contributed by atoms with E-state index in [-0.39, 0.29) is 60.3 Å². The van der Waals surface area contributed by atoms with Crippen molar-refractivity contribution >= 4 is 23.2 Å². The summed E-state index contributed by atoms with van der Waals surface area (Å²) in [4.78, 5) is 14.7. The number of nitrogens with one attached hydrogen (secondary N) is 1. The molecule has 1 saturated carbocycles. The van der Waals surface area contributed by atoms with Crippen molar-refractivity contribution in [1.82, 2.24) is 15.1 Å². The second kappa shape index (κ2) is 10.1. The van der Waals surface area contributed by atoms with Crippen LogP contribution in [0.2, 0.25) is 5.02 Å². The lowest BCUT2D eigenvalue weighted by Gasteiger charge is -2.49. The van der Waals surface area contributed by atoms with Gasteiger partial charge in [0.1, 0.15) is 11.6 Å². The molecule has 1 aliphatic carbocycles. The predicted octanol–water partition coefficient (Wildman–Crippen LogP) is 3.85. The molecule has 36 heavy (non-hydrogen) atoms. The van der Waals surface area contributed by atoms with Crippen LogP contribution < -0.4 is 15.0 Å². The quantitative estimate of drug-likeness (QED) is 0.546. The number of carbonyl (C=O) groups is 1. The fourth-order valence-electron chi connectivity index (χ4n) is 5.14. The number of amides is 1. The molecule has 0 spiro atoms. The average Bonchev–Trinajstić information content (AvgIpc) is 3.25. The summed E-state index contributed by atoms with van der Waals surface area (Å²) in [5.41, 5.74) is 0.881. The first-order valence-electron chi connectivity index (χ1n) is 11.7. The molecular weight excluding hydrogens is 508 g/mol. The van der Waals surface area contributed by atoms with E-state index in [0.29, 0.717) is 26.1 Å². The maximum Gasteiger partial charge on any atom is 0.522 e. The number of aromatic nitrogens is 2. The normalized spacial score (nSPS) is 27.9. The number of alkyl halides is 3. The van der Waals surface area contributed by atoms with Gasteiger partial charge in [0.05, 0.1) is 54.4 Å². The lowest BCUT2D eigenvalue weighted by Crippen LogP contribution is -2.61. The van der Waals surface area contributed by atoms with Crippen LogP contribution in [0, 0.1) is 5.82 Å². The molecule has 13 heteroatoms. The van der Waals surface area contributed by atoms with Gasteiger partial charge in [-0.05, 0) is 37.8 Å². The second-order valence-corrected chi connectivity index (χ2v) is 9.75. The first kappa shape index (κ1) is 25.1. The number of halogens is 5. The molecule has 3 aliphatic rings. The van der Waals surface area contributed by atoms with Gasteiger partial charge in [0.25, 0.3) is 5.91 Å². The van der Waals surface area contributed by atoms with Crippen LogP contribution in [0.25, 0.3) is 0 Å². The van der Waals surface area contributed by atoms with Crippen LogP contribution in [-0.4, -0.2) is 66.1 Å². The number of ether oxygens (including phenoxy) is 3. The third kappa shape index (κ3) is 5.70. The first-order valence-corrected chi connectivity index (χ1v) is 12.0. The highest BCUT2D eigenvalue weighted by Gasteiger charge is 2.43. The third-order valence-electron chi connectivity index (χ3n) is 6.78. The Morgan fingerprint density at radius 2 is 1.89 bits per heavy atom.